The van der Waals surface area contributed by atoms with Crippen molar-refractivity contribution in [1.29, 1.82) is 0 Å². The number of rotatable bonds is 65. The summed E-state index contributed by atoms with van der Waals surface area (Å²) in [4.78, 5) is 38.4. The molecule has 80 heavy (non-hydrogen) atoms. The summed E-state index contributed by atoms with van der Waals surface area (Å²) in [6, 6.07) is 0. The molecule has 0 fully saturated rings. The smallest absolute Gasteiger partial charge is 0.306 e. The van der Waals surface area contributed by atoms with E-state index in [0.717, 1.165) is 83.5 Å². The van der Waals surface area contributed by atoms with Crippen LogP contribution in [0.4, 0.5) is 0 Å². The van der Waals surface area contributed by atoms with E-state index in [0.29, 0.717) is 19.3 Å². The zero-order chi connectivity index (χ0) is 57.8. The molecule has 0 radical (unpaired) electrons. The third-order valence-electron chi connectivity index (χ3n) is 15.8. The summed E-state index contributed by atoms with van der Waals surface area (Å²) in [6.45, 7) is 6.56. The van der Waals surface area contributed by atoms with Crippen LogP contribution in [-0.4, -0.2) is 37.2 Å². The average molecular weight is 1120 g/mol. The van der Waals surface area contributed by atoms with Gasteiger partial charge < -0.3 is 14.2 Å². The molecule has 1 atom stereocenters. The van der Waals surface area contributed by atoms with E-state index in [2.05, 4.69) is 81.5 Å². The van der Waals surface area contributed by atoms with Gasteiger partial charge in [-0.1, -0.05) is 332 Å². The van der Waals surface area contributed by atoms with E-state index in [1.165, 1.54) is 250 Å². The Bertz CT molecular complexity index is 1430. The van der Waals surface area contributed by atoms with E-state index in [-0.39, 0.29) is 31.1 Å². The van der Waals surface area contributed by atoms with Crippen molar-refractivity contribution in [2.24, 2.45) is 0 Å². The van der Waals surface area contributed by atoms with Crippen molar-refractivity contribution in [2.45, 2.75) is 380 Å². The molecule has 0 aromatic heterocycles. The van der Waals surface area contributed by atoms with Gasteiger partial charge in [0, 0.05) is 19.3 Å². The van der Waals surface area contributed by atoms with E-state index in [1.807, 2.05) is 0 Å². The minimum Gasteiger partial charge on any atom is -0.462 e. The maximum absolute atomic E-state index is 13.0. The molecule has 0 aliphatic rings. The molecule has 0 saturated heterocycles. The molecule has 6 heteroatoms. The van der Waals surface area contributed by atoms with Crippen molar-refractivity contribution in [1.82, 2.24) is 0 Å². The summed E-state index contributed by atoms with van der Waals surface area (Å²) in [6.07, 6.45) is 88.3. The molecule has 0 amide bonds. The maximum Gasteiger partial charge on any atom is 0.306 e. The van der Waals surface area contributed by atoms with E-state index in [9.17, 15) is 14.4 Å². The normalized spacial score (nSPS) is 12.4. The number of hydrogen-bond acceptors (Lipinski definition) is 6. The minimum absolute atomic E-state index is 0.0838. The number of esters is 3. The Kier molecular flexibility index (Phi) is 66.1. The number of carbonyl (C=O) groups is 3. The van der Waals surface area contributed by atoms with Crippen molar-refractivity contribution in [2.75, 3.05) is 13.2 Å². The molecule has 0 rings (SSSR count). The number of hydrogen-bond donors (Lipinski definition) is 0. The molecule has 0 heterocycles. The van der Waals surface area contributed by atoms with Crippen LogP contribution in [0.15, 0.2) is 60.8 Å². The largest absolute Gasteiger partial charge is 0.462 e. The molecule has 0 spiro atoms. The summed E-state index contributed by atoms with van der Waals surface area (Å²) in [5.41, 5.74) is 0. The second-order valence-corrected chi connectivity index (χ2v) is 23.8. The molecule has 0 aliphatic heterocycles. The lowest BCUT2D eigenvalue weighted by Crippen LogP contribution is -2.30. The fraction of sp³-hybridized carbons (Fsp3) is 0.824. The van der Waals surface area contributed by atoms with Gasteiger partial charge in [0.1, 0.15) is 13.2 Å². The Morgan fingerprint density at radius 2 is 0.487 bits per heavy atom. The number of ether oxygens (including phenoxy) is 3. The van der Waals surface area contributed by atoms with Crippen LogP contribution >= 0.6 is 0 Å². The van der Waals surface area contributed by atoms with Crippen molar-refractivity contribution in [3.8, 4) is 0 Å². The van der Waals surface area contributed by atoms with Crippen LogP contribution in [0.1, 0.15) is 374 Å². The quantitative estimate of drug-likeness (QED) is 0.0261. The fourth-order valence-electron chi connectivity index (χ4n) is 10.5. The summed E-state index contributed by atoms with van der Waals surface area (Å²) in [5, 5.41) is 0. The van der Waals surface area contributed by atoms with Gasteiger partial charge in [-0.3, -0.25) is 14.4 Å². The van der Waals surface area contributed by atoms with E-state index >= 15 is 0 Å². The van der Waals surface area contributed by atoms with E-state index < -0.39 is 6.10 Å². The number of unbranched alkanes of at least 4 members (excludes halogenated alkanes) is 44. The van der Waals surface area contributed by atoms with Crippen LogP contribution < -0.4 is 0 Å². The van der Waals surface area contributed by atoms with Crippen LogP contribution in [0.5, 0.6) is 0 Å². The van der Waals surface area contributed by atoms with Crippen molar-refractivity contribution < 1.29 is 28.6 Å². The van der Waals surface area contributed by atoms with Crippen LogP contribution in [0.25, 0.3) is 0 Å². The summed E-state index contributed by atoms with van der Waals surface area (Å²) >= 11 is 0. The van der Waals surface area contributed by atoms with Gasteiger partial charge in [0.25, 0.3) is 0 Å². The monoisotopic (exact) mass is 1120 g/mol. The van der Waals surface area contributed by atoms with Gasteiger partial charge in [-0.25, -0.2) is 0 Å². The van der Waals surface area contributed by atoms with Gasteiger partial charge >= 0.3 is 17.9 Å². The standard InChI is InChI=1S/C74H134O6/c1-4-7-10-13-16-19-22-25-28-30-32-34-36-38-39-41-43-46-49-52-55-58-61-64-67-73(76)79-70-71(69-78-72(75)66-63-60-57-54-51-48-45-27-24-21-18-15-12-9-6-3)80-74(77)68-65-62-59-56-53-50-47-44-42-40-37-35-33-31-29-26-23-20-17-14-11-8-5-2/h9,12,18,21,27,31,33,45,51,54,71H,4-8,10-11,13-17,19-20,22-26,28-30,32,34-44,46-50,52-53,55-70H2,1-3H3/b12-9-,21-18-,33-31-,45-27-,54-51-. The van der Waals surface area contributed by atoms with Gasteiger partial charge in [0.2, 0.25) is 0 Å². The van der Waals surface area contributed by atoms with E-state index in [1.54, 1.807) is 0 Å². The Hall–Kier alpha value is -2.89. The highest BCUT2D eigenvalue weighted by molar-refractivity contribution is 5.71. The molecule has 0 N–H and O–H groups in total. The summed E-state index contributed by atoms with van der Waals surface area (Å²) < 4.78 is 17.0. The fourth-order valence-corrected chi connectivity index (χ4v) is 10.5. The zero-order valence-electron chi connectivity index (χ0n) is 53.6. The molecule has 0 saturated carbocycles. The molecule has 0 aromatic carbocycles. The topological polar surface area (TPSA) is 78.9 Å². The minimum atomic E-state index is -0.792. The zero-order valence-corrected chi connectivity index (χ0v) is 53.6. The summed E-state index contributed by atoms with van der Waals surface area (Å²) in [7, 11) is 0. The van der Waals surface area contributed by atoms with E-state index in [4.69, 9.17) is 14.2 Å². The lowest BCUT2D eigenvalue weighted by molar-refractivity contribution is -0.167. The van der Waals surface area contributed by atoms with Crippen LogP contribution in [-0.2, 0) is 28.6 Å². The SMILES string of the molecule is CC/C=C\C/C=C\C/C=C\C/C=C\CCCCC(=O)OCC(COC(=O)CCCCCCCCCCCCCCCCCCCCCCCCCC)OC(=O)CCCCCCCCCCCCC/C=C\CCCCCCCCCC. The van der Waals surface area contributed by atoms with Crippen molar-refractivity contribution in [3.63, 3.8) is 0 Å². The maximum atomic E-state index is 13.0. The summed E-state index contributed by atoms with van der Waals surface area (Å²) in [5.74, 6) is -0.904. The van der Waals surface area contributed by atoms with Crippen LogP contribution in [0.2, 0.25) is 0 Å². The van der Waals surface area contributed by atoms with Crippen LogP contribution in [0, 0.1) is 0 Å². The molecular weight excluding hydrogens is 985 g/mol. The third kappa shape index (κ3) is 65.9. The lowest BCUT2D eigenvalue weighted by atomic mass is 10.0. The Labute approximate surface area is 498 Å². The molecule has 6 nitrogen and oxygen atoms in total. The van der Waals surface area contributed by atoms with Gasteiger partial charge in [-0.05, 0) is 83.5 Å². The molecule has 0 aromatic rings. The second kappa shape index (κ2) is 68.6. The van der Waals surface area contributed by atoms with Gasteiger partial charge in [0.05, 0.1) is 0 Å². The molecule has 0 bridgehead atoms. The first kappa shape index (κ1) is 77.1. The highest BCUT2D eigenvalue weighted by Crippen LogP contribution is 2.18. The molecule has 466 valence electrons. The second-order valence-electron chi connectivity index (χ2n) is 23.8. The molecule has 1 unspecified atom stereocenters. The molecular formula is C74H134O6. The average Bonchev–Trinajstić information content (AvgIpc) is 3.46. The first-order chi connectivity index (χ1) is 39.5. The predicted molar refractivity (Wildman–Crippen MR) is 348 cm³/mol. The van der Waals surface area contributed by atoms with Crippen LogP contribution in [0.3, 0.4) is 0 Å². The highest BCUT2D eigenvalue weighted by Gasteiger charge is 2.19. The first-order valence-corrected chi connectivity index (χ1v) is 35.3. The molecule has 0 aliphatic carbocycles. The third-order valence-corrected chi connectivity index (χ3v) is 15.8. The first-order valence-electron chi connectivity index (χ1n) is 35.3. The van der Waals surface area contributed by atoms with Gasteiger partial charge in [0.15, 0.2) is 6.10 Å². The Morgan fingerprint density at radius 1 is 0.263 bits per heavy atom. The van der Waals surface area contributed by atoms with Crippen molar-refractivity contribution >= 4 is 17.9 Å². The lowest BCUT2D eigenvalue weighted by Gasteiger charge is -2.18. The Morgan fingerprint density at radius 3 is 0.800 bits per heavy atom. The van der Waals surface area contributed by atoms with Crippen molar-refractivity contribution in [3.05, 3.63) is 60.8 Å². The predicted octanol–water partition coefficient (Wildman–Crippen LogP) is 24.3. The highest BCUT2D eigenvalue weighted by atomic mass is 16.6. The van der Waals surface area contributed by atoms with Gasteiger partial charge in [-0.15, -0.1) is 0 Å². The number of carbonyl (C=O) groups excluding carboxylic acids is 3. The van der Waals surface area contributed by atoms with Gasteiger partial charge in [-0.2, -0.15) is 0 Å². The Balaban J connectivity index is 4.30. The number of allylic oxidation sites excluding steroid dienone is 10.